The molecule has 2 aromatic rings. The van der Waals surface area contributed by atoms with Gasteiger partial charge in [0.25, 0.3) is 0 Å². The largest absolute Gasteiger partial charge is 0.339 e. The Labute approximate surface area is 230 Å². The van der Waals surface area contributed by atoms with E-state index in [1.807, 2.05) is 53.7 Å². The standard InChI is InChI=1S/C25H27FN4O.3C2H6.CH4/c1-30-13-19-5-3-15(8-20(19)14-30)16-2-4-17(23(26)11-16)9-22(12-27)29-25(31)24-18-6-7-21(10-18)28-24;3*1-2;/h2-5,8,11,18,21-22,24,28H,6-7,9-10,13-14H2,1H3,(H,29,31);3*1-2H3;1H4/t18?,21?,22-,24?;;;;/m0..../s1. The summed E-state index contributed by atoms with van der Waals surface area (Å²) in [5.41, 5.74) is 4.86. The normalized spacial score (nSPS) is 21.1. The van der Waals surface area contributed by atoms with Crippen molar-refractivity contribution in [2.45, 2.75) is 106 Å². The lowest BCUT2D eigenvalue weighted by Crippen LogP contribution is -2.50. The van der Waals surface area contributed by atoms with Crippen LogP contribution in [0.3, 0.4) is 0 Å². The van der Waals surface area contributed by atoms with E-state index in [0.29, 0.717) is 17.5 Å². The van der Waals surface area contributed by atoms with Gasteiger partial charge in [-0.25, -0.2) is 4.39 Å². The van der Waals surface area contributed by atoms with E-state index in [1.54, 1.807) is 6.07 Å². The van der Waals surface area contributed by atoms with E-state index in [1.165, 1.54) is 17.2 Å². The van der Waals surface area contributed by atoms with Gasteiger partial charge in [-0.3, -0.25) is 9.69 Å². The molecule has 4 atom stereocenters. The van der Waals surface area contributed by atoms with Crippen molar-refractivity contribution in [3.8, 4) is 17.2 Å². The number of amides is 1. The molecule has 1 saturated heterocycles. The molecule has 210 valence electrons. The fourth-order valence-electron chi connectivity index (χ4n) is 5.40. The number of nitrogens with zero attached hydrogens (tertiary/aromatic N) is 2. The Balaban J connectivity index is 0.000000966. The molecule has 2 aromatic carbocycles. The summed E-state index contributed by atoms with van der Waals surface area (Å²) < 4.78 is 14.9. The first-order chi connectivity index (χ1) is 18.0. The van der Waals surface area contributed by atoms with E-state index in [9.17, 15) is 14.4 Å². The van der Waals surface area contributed by atoms with Gasteiger partial charge in [-0.1, -0.05) is 73.2 Å². The molecule has 0 spiro atoms. The Bertz CT molecular complexity index is 1060. The van der Waals surface area contributed by atoms with Gasteiger partial charge in [0.1, 0.15) is 11.9 Å². The van der Waals surface area contributed by atoms with Crippen LogP contribution in [-0.2, 0) is 24.3 Å². The van der Waals surface area contributed by atoms with E-state index in [0.717, 1.165) is 43.5 Å². The molecule has 3 aliphatic rings. The van der Waals surface area contributed by atoms with Crippen molar-refractivity contribution in [1.29, 1.82) is 5.26 Å². The number of carbonyl (C=O) groups is 1. The maximum atomic E-state index is 14.9. The summed E-state index contributed by atoms with van der Waals surface area (Å²) in [5, 5.41) is 15.7. The van der Waals surface area contributed by atoms with E-state index >= 15 is 0 Å². The summed E-state index contributed by atoms with van der Waals surface area (Å²) in [7, 11) is 2.09. The summed E-state index contributed by atoms with van der Waals surface area (Å²) in [6, 6.07) is 13.0. The molecule has 38 heavy (non-hydrogen) atoms. The molecule has 1 saturated carbocycles. The van der Waals surface area contributed by atoms with Crippen LogP contribution in [-0.4, -0.2) is 36.0 Å². The zero-order valence-electron chi connectivity index (χ0n) is 23.7. The molecule has 6 heteroatoms. The third-order valence-electron chi connectivity index (χ3n) is 7.01. The van der Waals surface area contributed by atoms with E-state index in [2.05, 4.69) is 40.8 Å². The van der Waals surface area contributed by atoms with Gasteiger partial charge in [-0.05, 0) is 72.2 Å². The van der Waals surface area contributed by atoms with Gasteiger partial charge in [0.05, 0.1) is 12.1 Å². The summed E-state index contributed by atoms with van der Waals surface area (Å²) in [4.78, 5) is 14.9. The number of benzene rings is 2. The third kappa shape index (κ3) is 7.88. The molecule has 3 unspecified atom stereocenters. The first-order valence-electron chi connectivity index (χ1n) is 14.1. The van der Waals surface area contributed by atoms with Crippen LogP contribution in [0.2, 0.25) is 0 Å². The lowest BCUT2D eigenvalue weighted by atomic mass is 9.97. The predicted molar refractivity (Wildman–Crippen MR) is 157 cm³/mol. The van der Waals surface area contributed by atoms with Gasteiger partial charge in [-0.15, -0.1) is 0 Å². The first-order valence-corrected chi connectivity index (χ1v) is 14.1. The molecule has 0 radical (unpaired) electrons. The fraction of sp³-hybridized carbons (Fsp3) is 0.562. The lowest BCUT2D eigenvalue weighted by molar-refractivity contribution is -0.124. The van der Waals surface area contributed by atoms with Crippen molar-refractivity contribution in [3.05, 3.63) is 58.9 Å². The zero-order valence-corrected chi connectivity index (χ0v) is 23.7. The number of piperidine rings is 1. The number of fused-ring (bicyclic) bond motifs is 3. The Kier molecular flexibility index (Phi) is 14.2. The van der Waals surface area contributed by atoms with Crippen LogP contribution in [0.15, 0.2) is 36.4 Å². The molecule has 2 bridgehead atoms. The van der Waals surface area contributed by atoms with Gasteiger partial charge in [0, 0.05) is 25.6 Å². The smallest absolute Gasteiger partial charge is 0.238 e. The Hall–Kier alpha value is -2.75. The second-order valence-electron chi connectivity index (χ2n) is 9.27. The van der Waals surface area contributed by atoms with Crippen LogP contribution >= 0.6 is 0 Å². The van der Waals surface area contributed by atoms with E-state index in [4.69, 9.17) is 0 Å². The number of hydrogen-bond donors (Lipinski definition) is 2. The molecule has 0 aromatic heterocycles. The topological polar surface area (TPSA) is 68.2 Å². The van der Waals surface area contributed by atoms with Crippen molar-refractivity contribution < 1.29 is 9.18 Å². The third-order valence-corrected chi connectivity index (χ3v) is 7.01. The summed E-state index contributed by atoms with van der Waals surface area (Å²) >= 11 is 0. The van der Waals surface area contributed by atoms with Crippen LogP contribution in [0.4, 0.5) is 4.39 Å². The Morgan fingerprint density at radius 3 is 2.26 bits per heavy atom. The van der Waals surface area contributed by atoms with Gasteiger partial charge in [0.15, 0.2) is 0 Å². The van der Waals surface area contributed by atoms with Crippen molar-refractivity contribution in [2.24, 2.45) is 5.92 Å². The van der Waals surface area contributed by atoms with Crippen LogP contribution in [0, 0.1) is 23.1 Å². The highest BCUT2D eigenvalue weighted by Gasteiger charge is 2.43. The highest BCUT2D eigenvalue weighted by Crippen LogP contribution is 2.35. The average Bonchev–Trinajstić information content (AvgIpc) is 3.67. The highest BCUT2D eigenvalue weighted by atomic mass is 19.1. The summed E-state index contributed by atoms with van der Waals surface area (Å²) in [6.45, 7) is 13.9. The van der Waals surface area contributed by atoms with Crippen LogP contribution in [0.25, 0.3) is 11.1 Å². The maximum Gasteiger partial charge on any atom is 0.238 e. The molecule has 2 aliphatic heterocycles. The molecular formula is C32H49FN4O. The number of nitriles is 1. The maximum absolute atomic E-state index is 14.9. The Morgan fingerprint density at radius 2 is 1.68 bits per heavy atom. The monoisotopic (exact) mass is 524 g/mol. The lowest BCUT2D eigenvalue weighted by Gasteiger charge is -2.23. The van der Waals surface area contributed by atoms with E-state index in [-0.39, 0.29) is 31.6 Å². The first kappa shape index (κ1) is 33.3. The van der Waals surface area contributed by atoms with Crippen LogP contribution in [0.1, 0.15) is 84.9 Å². The number of carbonyl (C=O) groups excluding carboxylic acids is 1. The highest BCUT2D eigenvalue weighted by molar-refractivity contribution is 5.83. The Morgan fingerprint density at radius 1 is 1.05 bits per heavy atom. The second kappa shape index (κ2) is 16.3. The van der Waals surface area contributed by atoms with E-state index < -0.39 is 6.04 Å². The molecule has 5 rings (SSSR count). The summed E-state index contributed by atoms with van der Waals surface area (Å²) in [6.07, 6.45) is 3.37. The van der Waals surface area contributed by atoms with Crippen molar-refractivity contribution in [3.63, 3.8) is 0 Å². The molecular weight excluding hydrogens is 475 g/mol. The van der Waals surface area contributed by atoms with Gasteiger partial charge in [0.2, 0.25) is 5.91 Å². The fourth-order valence-corrected chi connectivity index (χ4v) is 5.40. The molecule has 1 amide bonds. The minimum absolute atomic E-state index is 0. The second-order valence-corrected chi connectivity index (χ2v) is 9.27. The van der Waals surface area contributed by atoms with Gasteiger partial charge >= 0.3 is 0 Å². The number of rotatable bonds is 5. The number of hydrogen-bond acceptors (Lipinski definition) is 4. The van der Waals surface area contributed by atoms with Gasteiger partial charge < -0.3 is 10.6 Å². The minimum Gasteiger partial charge on any atom is -0.339 e. The molecule has 5 nitrogen and oxygen atoms in total. The molecule has 1 aliphatic carbocycles. The molecule has 2 fully saturated rings. The van der Waals surface area contributed by atoms with Crippen molar-refractivity contribution in [1.82, 2.24) is 15.5 Å². The summed E-state index contributed by atoms with van der Waals surface area (Å²) in [5.74, 6) is -0.131. The molecule has 2 N–H and O–H groups in total. The number of nitrogens with one attached hydrogen (secondary N) is 2. The minimum atomic E-state index is -0.746. The van der Waals surface area contributed by atoms with Crippen LogP contribution in [0.5, 0.6) is 0 Å². The number of halogens is 1. The average molecular weight is 525 g/mol. The SMILES string of the molecule is C.CC.CC.CC.CN1Cc2ccc(-c3ccc(C[C@@H](C#N)NC(=O)C4NC5CCC4C5)c(F)c3)cc2C1. The quantitative estimate of drug-likeness (QED) is 0.449. The van der Waals surface area contributed by atoms with Gasteiger partial charge in [-0.2, -0.15) is 5.26 Å². The van der Waals surface area contributed by atoms with Crippen molar-refractivity contribution in [2.75, 3.05) is 7.05 Å². The van der Waals surface area contributed by atoms with Crippen molar-refractivity contribution >= 4 is 5.91 Å². The zero-order chi connectivity index (χ0) is 27.5. The molecule has 2 heterocycles. The van der Waals surface area contributed by atoms with Crippen LogP contribution < -0.4 is 10.6 Å². The predicted octanol–water partition coefficient (Wildman–Crippen LogP) is 6.84.